The van der Waals surface area contributed by atoms with Gasteiger partial charge in [0.1, 0.15) is 0 Å². The van der Waals surface area contributed by atoms with Crippen molar-refractivity contribution >= 4 is 27.3 Å². The standard InChI is InChI=1S/C27H39BrN2/c1-17(2)22-10-9-11-23(18(3)4)26(22)29-12-13-30(16-29)27-24(19(5)6)14-21(28)15-25(27)20(7)8/h9-11,14-15,17-20H,12-13,16H2,1-8H3. The maximum absolute atomic E-state index is 3.76. The second-order valence-corrected chi connectivity index (χ2v) is 10.9. The summed E-state index contributed by atoms with van der Waals surface area (Å²) in [4.78, 5) is 5.25. The Morgan fingerprint density at radius 3 is 1.37 bits per heavy atom. The third kappa shape index (κ3) is 4.56. The van der Waals surface area contributed by atoms with Gasteiger partial charge in [-0.25, -0.2) is 0 Å². The second kappa shape index (κ2) is 9.34. The molecule has 0 N–H and O–H groups in total. The van der Waals surface area contributed by atoms with Crippen LogP contribution in [-0.4, -0.2) is 19.8 Å². The first-order valence-corrected chi connectivity index (χ1v) is 12.4. The molecule has 164 valence electrons. The Labute approximate surface area is 192 Å². The molecule has 0 unspecified atom stereocenters. The van der Waals surface area contributed by atoms with Crippen molar-refractivity contribution in [3.63, 3.8) is 0 Å². The van der Waals surface area contributed by atoms with E-state index in [4.69, 9.17) is 0 Å². The average molecular weight is 472 g/mol. The van der Waals surface area contributed by atoms with Crippen LogP contribution in [-0.2, 0) is 0 Å². The highest BCUT2D eigenvalue weighted by Crippen LogP contribution is 2.41. The molecule has 30 heavy (non-hydrogen) atoms. The van der Waals surface area contributed by atoms with E-state index in [-0.39, 0.29) is 0 Å². The lowest BCUT2D eigenvalue weighted by Gasteiger charge is -2.31. The smallest absolute Gasteiger partial charge is 0.0904 e. The second-order valence-electron chi connectivity index (χ2n) is 10.0. The minimum absolute atomic E-state index is 0.498. The summed E-state index contributed by atoms with van der Waals surface area (Å²) in [5.74, 6) is 2.05. The Bertz CT molecular complexity index is 827. The van der Waals surface area contributed by atoms with Crippen LogP contribution in [0.5, 0.6) is 0 Å². The van der Waals surface area contributed by atoms with Crippen LogP contribution in [0.25, 0.3) is 0 Å². The Hall–Kier alpha value is -1.48. The number of anilines is 2. The maximum Gasteiger partial charge on any atom is 0.0904 e. The number of benzene rings is 2. The fourth-order valence-corrected chi connectivity index (χ4v) is 5.21. The van der Waals surface area contributed by atoms with Crippen LogP contribution in [0.3, 0.4) is 0 Å². The van der Waals surface area contributed by atoms with E-state index in [1.807, 2.05) is 0 Å². The maximum atomic E-state index is 3.76. The highest BCUT2D eigenvalue weighted by molar-refractivity contribution is 9.10. The lowest BCUT2D eigenvalue weighted by molar-refractivity contribution is 0.797. The molecule has 0 radical (unpaired) electrons. The van der Waals surface area contributed by atoms with Crippen LogP contribution in [0.2, 0.25) is 0 Å². The van der Waals surface area contributed by atoms with Gasteiger partial charge in [-0.15, -0.1) is 0 Å². The minimum atomic E-state index is 0.498. The van der Waals surface area contributed by atoms with E-state index in [0.29, 0.717) is 23.7 Å². The summed E-state index contributed by atoms with van der Waals surface area (Å²) in [7, 11) is 0. The van der Waals surface area contributed by atoms with E-state index in [0.717, 1.165) is 19.8 Å². The molecule has 1 heterocycles. The van der Waals surface area contributed by atoms with Gasteiger partial charge in [0.25, 0.3) is 0 Å². The predicted octanol–water partition coefficient (Wildman–Crippen LogP) is 8.23. The van der Waals surface area contributed by atoms with E-state index in [2.05, 4.69) is 111 Å². The fraction of sp³-hybridized carbons (Fsp3) is 0.556. The van der Waals surface area contributed by atoms with E-state index in [1.165, 1.54) is 38.1 Å². The molecule has 0 aliphatic carbocycles. The number of halogens is 1. The molecule has 0 amide bonds. The van der Waals surface area contributed by atoms with Gasteiger partial charge >= 0.3 is 0 Å². The molecule has 1 aliphatic heterocycles. The monoisotopic (exact) mass is 470 g/mol. The Morgan fingerprint density at radius 2 is 1.00 bits per heavy atom. The van der Waals surface area contributed by atoms with Crippen molar-refractivity contribution in [2.24, 2.45) is 0 Å². The Kier molecular flexibility index (Phi) is 7.22. The van der Waals surface area contributed by atoms with Crippen molar-refractivity contribution < 1.29 is 0 Å². The number of rotatable bonds is 6. The molecule has 0 aromatic heterocycles. The van der Waals surface area contributed by atoms with Gasteiger partial charge in [0.05, 0.1) is 6.67 Å². The summed E-state index contributed by atoms with van der Waals surface area (Å²) in [5.41, 5.74) is 8.80. The van der Waals surface area contributed by atoms with Crippen LogP contribution < -0.4 is 9.80 Å². The normalized spacial score (nSPS) is 14.8. The molecule has 1 saturated heterocycles. The molecule has 1 aliphatic rings. The molecule has 1 fully saturated rings. The molecule has 2 aromatic rings. The lowest BCUT2D eigenvalue weighted by atomic mass is 9.92. The summed E-state index contributed by atoms with van der Waals surface area (Å²) < 4.78 is 1.20. The molecule has 2 aromatic carbocycles. The van der Waals surface area contributed by atoms with Crippen molar-refractivity contribution in [3.8, 4) is 0 Å². The zero-order chi connectivity index (χ0) is 22.2. The highest BCUT2D eigenvalue weighted by Gasteiger charge is 2.29. The number of para-hydroxylation sites is 1. The van der Waals surface area contributed by atoms with Crippen LogP contribution in [0.4, 0.5) is 11.4 Å². The minimum Gasteiger partial charge on any atom is -0.352 e. The first-order chi connectivity index (χ1) is 14.1. The lowest BCUT2D eigenvalue weighted by Crippen LogP contribution is -2.28. The summed E-state index contributed by atoms with van der Waals surface area (Å²) in [6.45, 7) is 21.6. The van der Waals surface area contributed by atoms with E-state index in [1.54, 1.807) is 0 Å². The van der Waals surface area contributed by atoms with E-state index < -0.39 is 0 Å². The molecule has 2 nitrogen and oxygen atoms in total. The van der Waals surface area contributed by atoms with E-state index in [9.17, 15) is 0 Å². The first kappa shape index (κ1) is 23.2. The summed E-state index contributed by atoms with van der Waals surface area (Å²) in [6, 6.07) is 11.6. The first-order valence-electron chi connectivity index (χ1n) is 11.6. The topological polar surface area (TPSA) is 6.48 Å². The van der Waals surface area contributed by atoms with Gasteiger partial charge in [0, 0.05) is 28.9 Å². The highest BCUT2D eigenvalue weighted by atomic mass is 79.9. The molecular formula is C27H39BrN2. The zero-order valence-corrected chi connectivity index (χ0v) is 21.7. The van der Waals surface area contributed by atoms with Gasteiger partial charge in [-0.2, -0.15) is 0 Å². The third-order valence-corrected chi connectivity index (χ3v) is 6.79. The van der Waals surface area contributed by atoms with Gasteiger partial charge in [-0.3, -0.25) is 0 Å². The molecule has 0 saturated carbocycles. The summed E-state index contributed by atoms with van der Waals surface area (Å²) in [6.07, 6.45) is 0. The third-order valence-electron chi connectivity index (χ3n) is 6.33. The Morgan fingerprint density at radius 1 is 0.633 bits per heavy atom. The van der Waals surface area contributed by atoms with Crippen LogP contribution in [0.15, 0.2) is 34.8 Å². The van der Waals surface area contributed by atoms with Gasteiger partial charge in [-0.1, -0.05) is 89.5 Å². The summed E-state index contributed by atoms with van der Waals surface area (Å²) >= 11 is 3.76. The van der Waals surface area contributed by atoms with Crippen molar-refractivity contribution in [1.29, 1.82) is 0 Å². The van der Waals surface area contributed by atoms with Crippen molar-refractivity contribution in [3.05, 3.63) is 57.1 Å². The van der Waals surface area contributed by atoms with Crippen LogP contribution in [0.1, 0.15) is 101 Å². The van der Waals surface area contributed by atoms with Crippen molar-refractivity contribution in [1.82, 2.24) is 0 Å². The SMILES string of the molecule is CC(C)c1cccc(C(C)C)c1N1CCN(c2c(C(C)C)cc(Br)cc2C(C)C)C1. The quantitative estimate of drug-likeness (QED) is 0.419. The van der Waals surface area contributed by atoms with Gasteiger partial charge in [-0.05, 0) is 58.1 Å². The molecule has 0 bridgehead atoms. The number of hydrogen-bond acceptors (Lipinski definition) is 2. The van der Waals surface area contributed by atoms with Gasteiger partial charge < -0.3 is 9.80 Å². The fourth-order valence-electron chi connectivity index (χ4n) is 4.72. The molecule has 0 atom stereocenters. The van der Waals surface area contributed by atoms with Gasteiger partial charge in [0.2, 0.25) is 0 Å². The largest absolute Gasteiger partial charge is 0.352 e. The van der Waals surface area contributed by atoms with E-state index >= 15 is 0 Å². The Balaban J connectivity index is 2.06. The van der Waals surface area contributed by atoms with Crippen LogP contribution in [0, 0.1) is 0 Å². The zero-order valence-electron chi connectivity index (χ0n) is 20.1. The number of hydrogen-bond donors (Lipinski definition) is 0. The number of nitrogens with zero attached hydrogens (tertiary/aromatic N) is 2. The molecule has 3 rings (SSSR count). The predicted molar refractivity (Wildman–Crippen MR) is 136 cm³/mol. The molecule has 3 heteroatoms. The van der Waals surface area contributed by atoms with Crippen molar-refractivity contribution in [2.45, 2.75) is 79.1 Å². The average Bonchev–Trinajstić information content (AvgIpc) is 3.15. The summed E-state index contributed by atoms with van der Waals surface area (Å²) in [5, 5.41) is 0. The van der Waals surface area contributed by atoms with Crippen LogP contribution >= 0.6 is 15.9 Å². The molecule has 0 spiro atoms. The van der Waals surface area contributed by atoms with Gasteiger partial charge in [0.15, 0.2) is 0 Å². The van der Waals surface area contributed by atoms with Crippen molar-refractivity contribution in [2.75, 3.05) is 29.6 Å². The molecular weight excluding hydrogens is 432 g/mol.